The first-order valence-electron chi connectivity index (χ1n) is 7.40. The number of amides is 2. The van der Waals surface area contributed by atoms with Gasteiger partial charge in [0.25, 0.3) is 0 Å². The van der Waals surface area contributed by atoms with Crippen LogP contribution in [-0.2, 0) is 16.0 Å². The number of methoxy groups -OCH3 is 1. The molecule has 1 aromatic rings. The minimum atomic E-state index is -0.254. The van der Waals surface area contributed by atoms with Crippen LogP contribution in [0.2, 0.25) is 0 Å². The number of benzene rings is 1. The molecular formula is C16H21BrN2O3. The van der Waals surface area contributed by atoms with E-state index in [-0.39, 0.29) is 17.7 Å². The van der Waals surface area contributed by atoms with Crippen LogP contribution in [0.15, 0.2) is 22.7 Å². The number of halogens is 1. The highest BCUT2D eigenvalue weighted by molar-refractivity contribution is 9.10. The first-order valence-corrected chi connectivity index (χ1v) is 8.20. The molecule has 0 bridgehead atoms. The second kappa shape index (κ2) is 7.63. The number of hydrogen-bond donors (Lipinski definition) is 1. The molecule has 1 saturated heterocycles. The van der Waals surface area contributed by atoms with E-state index in [0.29, 0.717) is 38.8 Å². The molecule has 22 heavy (non-hydrogen) atoms. The molecule has 2 rings (SSSR count). The van der Waals surface area contributed by atoms with E-state index >= 15 is 0 Å². The Hall–Kier alpha value is -1.56. The van der Waals surface area contributed by atoms with Gasteiger partial charge in [0.1, 0.15) is 5.75 Å². The van der Waals surface area contributed by atoms with Gasteiger partial charge in [-0.15, -0.1) is 0 Å². The predicted molar refractivity (Wildman–Crippen MR) is 87.5 cm³/mol. The van der Waals surface area contributed by atoms with Gasteiger partial charge in [0.05, 0.1) is 11.6 Å². The molecule has 0 radical (unpaired) electrons. The number of hydrogen-bond acceptors (Lipinski definition) is 3. The van der Waals surface area contributed by atoms with Crippen molar-refractivity contribution in [2.24, 2.45) is 11.7 Å². The lowest BCUT2D eigenvalue weighted by Gasteiger charge is -2.30. The third-order valence-electron chi connectivity index (χ3n) is 4.09. The van der Waals surface area contributed by atoms with Crippen LogP contribution in [0.4, 0.5) is 0 Å². The number of carbonyl (C=O) groups excluding carboxylic acids is 2. The van der Waals surface area contributed by atoms with Gasteiger partial charge in [0.15, 0.2) is 0 Å². The largest absolute Gasteiger partial charge is 0.496 e. The van der Waals surface area contributed by atoms with Gasteiger partial charge in [-0.25, -0.2) is 0 Å². The second-order valence-electron chi connectivity index (χ2n) is 5.53. The average molecular weight is 369 g/mol. The van der Waals surface area contributed by atoms with Crippen molar-refractivity contribution < 1.29 is 14.3 Å². The molecule has 1 heterocycles. The third kappa shape index (κ3) is 4.22. The minimum absolute atomic E-state index is 0.0819. The van der Waals surface area contributed by atoms with E-state index in [9.17, 15) is 9.59 Å². The first kappa shape index (κ1) is 16.8. The van der Waals surface area contributed by atoms with Crippen molar-refractivity contribution in [2.75, 3.05) is 20.2 Å². The van der Waals surface area contributed by atoms with Crippen molar-refractivity contribution in [3.8, 4) is 5.75 Å². The molecule has 0 aliphatic carbocycles. The molecule has 2 N–H and O–H groups in total. The minimum Gasteiger partial charge on any atom is -0.496 e. The predicted octanol–water partition coefficient (Wildman–Crippen LogP) is 2.11. The molecule has 2 amide bonds. The highest BCUT2D eigenvalue weighted by atomic mass is 79.9. The number of primary amides is 1. The molecule has 5 nitrogen and oxygen atoms in total. The molecule has 0 atom stereocenters. The van der Waals surface area contributed by atoms with Crippen LogP contribution >= 0.6 is 15.9 Å². The Labute approximate surface area is 138 Å². The molecule has 0 unspecified atom stereocenters. The van der Waals surface area contributed by atoms with Crippen molar-refractivity contribution in [2.45, 2.75) is 25.7 Å². The number of nitrogens with zero attached hydrogens (tertiary/aromatic N) is 1. The Morgan fingerprint density at radius 1 is 1.36 bits per heavy atom. The average Bonchev–Trinajstić information content (AvgIpc) is 2.52. The molecule has 0 saturated carbocycles. The van der Waals surface area contributed by atoms with Crippen molar-refractivity contribution in [3.63, 3.8) is 0 Å². The van der Waals surface area contributed by atoms with E-state index in [1.54, 1.807) is 7.11 Å². The normalized spacial score (nSPS) is 15.6. The van der Waals surface area contributed by atoms with E-state index < -0.39 is 0 Å². The van der Waals surface area contributed by atoms with Crippen LogP contribution < -0.4 is 10.5 Å². The zero-order chi connectivity index (χ0) is 16.1. The number of nitrogens with two attached hydrogens (primary N) is 1. The number of piperidine rings is 1. The van der Waals surface area contributed by atoms with E-state index in [4.69, 9.17) is 10.5 Å². The second-order valence-corrected chi connectivity index (χ2v) is 6.38. The quantitative estimate of drug-likeness (QED) is 0.864. The maximum absolute atomic E-state index is 12.2. The molecule has 1 aromatic carbocycles. The highest BCUT2D eigenvalue weighted by Gasteiger charge is 2.25. The lowest BCUT2D eigenvalue weighted by Crippen LogP contribution is -2.41. The molecule has 0 spiro atoms. The van der Waals surface area contributed by atoms with Crippen molar-refractivity contribution in [1.29, 1.82) is 0 Å². The zero-order valence-electron chi connectivity index (χ0n) is 12.7. The summed E-state index contributed by atoms with van der Waals surface area (Å²) in [6.07, 6.45) is 2.52. The van der Waals surface area contributed by atoms with Gasteiger partial charge < -0.3 is 15.4 Å². The van der Waals surface area contributed by atoms with Gasteiger partial charge in [-0.1, -0.05) is 6.07 Å². The van der Waals surface area contributed by atoms with Crippen LogP contribution in [0.1, 0.15) is 24.8 Å². The molecule has 1 fully saturated rings. The molecule has 6 heteroatoms. The monoisotopic (exact) mass is 368 g/mol. The summed E-state index contributed by atoms with van der Waals surface area (Å²) in [4.78, 5) is 25.2. The van der Waals surface area contributed by atoms with Gasteiger partial charge in [-0.3, -0.25) is 9.59 Å². The van der Waals surface area contributed by atoms with E-state index in [1.807, 2.05) is 23.1 Å². The Kier molecular flexibility index (Phi) is 5.83. The lowest BCUT2D eigenvalue weighted by atomic mass is 9.96. The topological polar surface area (TPSA) is 72.6 Å². The van der Waals surface area contributed by atoms with Gasteiger partial charge in [0, 0.05) is 25.4 Å². The zero-order valence-corrected chi connectivity index (χ0v) is 14.3. The number of ether oxygens (including phenoxy) is 1. The summed E-state index contributed by atoms with van der Waals surface area (Å²) in [6.45, 7) is 1.25. The molecule has 0 aromatic heterocycles. The lowest BCUT2D eigenvalue weighted by molar-refractivity contribution is -0.134. The molecule has 120 valence electrons. The van der Waals surface area contributed by atoms with Crippen LogP contribution in [0, 0.1) is 5.92 Å². The SMILES string of the molecule is COc1ccc(CCC(=O)N2CCC(C(N)=O)CC2)cc1Br. The summed E-state index contributed by atoms with van der Waals surface area (Å²) in [6, 6.07) is 5.84. The summed E-state index contributed by atoms with van der Waals surface area (Å²) >= 11 is 3.45. The Morgan fingerprint density at radius 2 is 2.05 bits per heavy atom. The van der Waals surface area contributed by atoms with Crippen LogP contribution in [-0.4, -0.2) is 36.9 Å². The summed E-state index contributed by atoms with van der Waals surface area (Å²) < 4.78 is 6.08. The van der Waals surface area contributed by atoms with Crippen LogP contribution in [0.3, 0.4) is 0 Å². The van der Waals surface area contributed by atoms with Crippen LogP contribution in [0.5, 0.6) is 5.75 Å². The maximum Gasteiger partial charge on any atom is 0.222 e. The highest BCUT2D eigenvalue weighted by Crippen LogP contribution is 2.26. The fourth-order valence-corrected chi connectivity index (χ4v) is 3.28. The fourth-order valence-electron chi connectivity index (χ4n) is 2.69. The number of rotatable bonds is 5. The molecule has 1 aliphatic rings. The maximum atomic E-state index is 12.2. The van der Waals surface area contributed by atoms with Crippen LogP contribution in [0.25, 0.3) is 0 Å². The summed E-state index contributed by atoms with van der Waals surface area (Å²) in [5.74, 6) is 0.579. The van der Waals surface area contributed by atoms with E-state index in [2.05, 4.69) is 15.9 Å². The summed E-state index contributed by atoms with van der Waals surface area (Å²) in [5, 5.41) is 0. The Morgan fingerprint density at radius 3 is 2.59 bits per heavy atom. The van der Waals surface area contributed by atoms with Gasteiger partial charge in [0.2, 0.25) is 11.8 Å². The summed E-state index contributed by atoms with van der Waals surface area (Å²) in [5.41, 5.74) is 6.39. The number of carbonyl (C=O) groups is 2. The fraction of sp³-hybridized carbons (Fsp3) is 0.500. The van der Waals surface area contributed by atoms with Crippen molar-refractivity contribution >= 4 is 27.7 Å². The molecular weight excluding hydrogens is 348 g/mol. The van der Waals surface area contributed by atoms with Gasteiger partial charge >= 0.3 is 0 Å². The summed E-state index contributed by atoms with van der Waals surface area (Å²) in [7, 11) is 1.62. The van der Waals surface area contributed by atoms with E-state index in [0.717, 1.165) is 15.8 Å². The Balaban J connectivity index is 1.83. The number of aryl methyl sites for hydroxylation is 1. The standard InChI is InChI=1S/C16H21BrN2O3/c1-22-14-4-2-11(10-13(14)17)3-5-15(20)19-8-6-12(7-9-19)16(18)21/h2,4,10,12H,3,5-9H2,1H3,(H2,18,21). The first-order chi connectivity index (χ1) is 10.5. The van der Waals surface area contributed by atoms with E-state index in [1.165, 1.54) is 0 Å². The molecule has 1 aliphatic heterocycles. The van der Waals surface area contributed by atoms with Crippen molar-refractivity contribution in [1.82, 2.24) is 4.90 Å². The smallest absolute Gasteiger partial charge is 0.222 e. The third-order valence-corrected chi connectivity index (χ3v) is 4.71. The van der Waals surface area contributed by atoms with Crippen molar-refractivity contribution in [3.05, 3.63) is 28.2 Å². The Bertz CT molecular complexity index is 554. The van der Waals surface area contributed by atoms with Gasteiger partial charge in [-0.05, 0) is 52.9 Å². The van der Waals surface area contributed by atoms with Gasteiger partial charge in [-0.2, -0.15) is 0 Å². The number of likely N-dealkylation sites (tertiary alicyclic amines) is 1.